The molecule has 1 aromatic rings. The molecule has 108 valence electrons. The fraction of sp³-hybridized carbons (Fsp3) is 0.733. The van der Waals surface area contributed by atoms with Crippen LogP contribution in [0.25, 0.3) is 0 Å². The van der Waals surface area contributed by atoms with Gasteiger partial charge in [-0.3, -0.25) is 0 Å². The fourth-order valence-electron chi connectivity index (χ4n) is 2.88. The van der Waals surface area contributed by atoms with Crippen molar-refractivity contribution in [1.82, 2.24) is 10.2 Å². The molecule has 0 aromatic carbocycles. The van der Waals surface area contributed by atoms with E-state index in [1.807, 2.05) is 33.8 Å². The van der Waals surface area contributed by atoms with E-state index in [9.17, 15) is 0 Å². The molecule has 0 amide bonds. The third kappa shape index (κ3) is 2.37. The minimum atomic E-state index is -0.412. The summed E-state index contributed by atoms with van der Waals surface area (Å²) < 4.78 is 12.0. The summed E-state index contributed by atoms with van der Waals surface area (Å²) in [6, 6.07) is 4.09. The lowest BCUT2D eigenvalue weighted by Gasteiger charge is -2.32. The summed E-state index contributed by atoms with van der Waals surface area (Å²) in [6.45, 7) is 8.20. The van der Waals surface area contributed by atoms with Gasteiger partial charge in [0.25, 0.3) is 0 Å². The number of aromatic nitrogens is 2. The SMILES string of the molecule is CC1(C)OB(c2ccc(C3CCCC3)nn2)OC1(C)C. The van der Waals surface area contributed by atoms with E-state index >= 15 is 0 Å². The van der Waals surface area contributed by atoms with Crippen molar-refractivity contribution < 1.29 is 9.31 Å². The zero-order valence-electron chi connectivity index (χ0n) is 12.8. The largest absolute Gasteiger partial charge is 0.516 e. The van der Waals surface area contributed by atoms with Gasteiger partial charge >= 0.3 is 7.12 Å². The van der Waals surface area contributed by atoms with Crippen LogP contribution in [-0.4, -0.2) is 28.5 Å². The monoisotopic (exact) mass is 274 g/mol. The molecule has 5 heteroatoms. The maximum atomic E-state index is 5.99. The maximum Gasteiger partial charge on any atom is 0.516 e. The van der Waals surface area contributed by atoms with Crippen LogP contribution in [0.4, 0.5) is 0 Å². The minimum absolute atomic E-state index is 0.330. The Morgan fingerprint density at radius 3 is 2.10 bits per heavy atom. The second-order valence-electron chi connectivity index (χ2n) is 6.95. The van der Waals surface area contributed by atoms with Gasteiger partial charge in [-0.1, -0.05) is 12.8 Å². The second kappa shape index (κ2) is 4.81. The highest BCUT2D eigenvalue weighted by Gasteiger charge is 2.52. The molecular formula is C15H23BN2O2. The summed E-state index contributed by atoms with van der Waals surface area (Å²) in [4.78, 5) is 0. The molecule has 1 aromatic heterocycles. The van der Waals surface area contributed by atoms with Gasteiger partial charge in [0, 0.05) is 5.92 Å². The van der Waals surface area contributed by atoms with Crippen LogP contribution >= 0.6 is 0 Å². The third-order valence-electron chi connectivity index (χ3n) is 4.97. The van der Waals surface area contributed by atoms with Gasteiger partial charge in [-0.2, -0.15) is 10.2 Å². The van der Waals surface area contributed by atoms with Gasteiger partial charge in [0.2, 0.25) is 0 Å². The van der Waals surface area contributed by atoms with Crippen molar-refractivity contribution >= 4 is 12.7 Å². The first-order chi connectivity index (χ1) is 9.39. The zero-order valence-corrected chi connectivity index (χ0v) is 12.8. The van der Waals surface area contributed by atoms with Crippen LogP contribution in [-0.2, 0) is 9.31 Å². The summed E-state index contributed by atoms with van der Waals surface area (Å²) in [5.74, 6) is 0.592. The standard InChI is InChI=1S/C15H23BN2O2/c1-14(2)15(3,4)20-16(19-14)13-10-9-12(17-18-13)11-7-5-6-8-11/h9-11H,5-8H2,1-4H3. The lowest BCUT2D eigenvalue weighted by atomic mass is 9.84. The van der Waals surface area contributed by atoms with Crippen molar-refractivity contribution in [3.63, 3.8) is 0 Å². The lowest BCUT2D eigenvalue weighted by molar-refractivity contribution is 0.00578. The van der Waals surface area contributed by atoms with Gasteiger partial charge in [-0.25, -0.2) is 0 Å². The first-order valence-corrected chi connectivity index (χ1v) is 7.58. The minimum Gasteiger partial charge on any atom is -0.398 e. The zero-order chi connectivity index (χ0) is 14.4. The summed E-state index contributed by atoms with van der Waals surface area (Å²) in [5.41, 5.74) is 1.22. The average molecular weight is 274 g/mol. The summed E-state index contributed by atoms with van der Waals surface area (Å²) in [5, 5.41) is 8.73. The molecule has 0 radical (unpaired) electrons. The molecule has 2 fully saturated rings. The van der Waals surface area contributed by atoms with Gasteiger partial charge in [-0.15, -0.1) is 0 Å². The van der Waals surface area contributed by atoms with Gasteiger partial charge in [0.05, 0.1) is 22.5 Å². The Morgan fingerprint density at radius 2 is 1.60 bits per heavy atom. The fourth-order valence-corrected chi connectivity index (χ4v) is 2.88. The van der Waals surface area contributed by atoms with E-state index in [1.165, 1.54) is 25.7 Å². The molecule has 20 heavy (non-hydrogen) atoms. The Hall–Kier alpha value is -0.935. The molecule has 2 aliphatic rings. The molecule has 1 aliphatic carbocycles. The number of hydrogen-bond donors (Lipinski definition) is 0. The van der Waals surface area contributed by atoms with Gasteiger partial charge in [-0.05, 0) is 52.7 Å². The molecule has 2 heterocycles. The molecule has 1 aliphatic heterocycles. The Labute approximate surface area is 121 Å². The quantitative estimate of drug-likeness (QED) is 0.777. The van der Waals surface area contributed by atoms with E-state index in [0.717, 1.165) is 11.3 Å². The Kier molecular flexibility index (Phi) is 3.37. The van der Waals surface area contributed by atoms with Crippen LogP contribution in [0.5, 0.6) is 0 Å². The predicted molar refractivity (Wildman–Crippen MR) is 79.0 cm³/mol. The molecule has 0 N–H and O–H groups in total. The van der Waals surface area contributed by atoms with Gasteiger partial charge < -0.3 is 9.31 Å². The topological polar surface area (TPSA) is 44.2 Å². The van der Waals surface area contributed by atoms with E-state index < -0.39 is 7.12 Å². The van der Waals surface area contributed by atoms with E-state index in [0.29, 0.717) is 5.92 Å². The van der Waals surface area contributed by atoms with Crippen molar-refractivity contribution in [1.29, 1.82) is 0 Å². The first kappa shape index (κ1) is 14.0. The molecule has 1 saturated carbocycles. The molecule has 3 rings (SSSR count). The van der Waals surface area contributed by atoms with Gasteiger partial charge in [0.1, 0.15) is 0 Å². The normalized spacial score (nSPS) is 25.3. The molecule has 0 bridgehead atoms. The number of nitrogens with zero attached hydrogens (tertiary/aromatic N) is 2. The summed E-state index contributed by atoms with van der Waals surface area (Å²) >= 11 is 0. The Bertz CT molecular complexity index is 465. The molecule has 0 spiro atoms. The Morgan fingerprint density at radius 1 is 1.00 bits per heavy atom. The van der Waals surface area contributed by atoms with E-state index in [1.54, 1.807) is 0 Å². The highest BCUT2D eigenvalue weighted by molar-refractivity contribution is 6.61. The molecule has 1 saturated heterocycles. The number of rotatable bonds is 2. The van der Waals surface area contributed by atoms with Crippen LogP contribution in [0.1, 0.15) is 65.0 Å². The highest BCUT2D eigenvalue weighted by Crippen LogP contribution is 2.36. The Balaban J connectivity index is 1.75. The lowest BCUT2D eigenvalue weighted by Crippen LogP contribution is -2.41. The van der Waals surface area contributed by atoms with Crippen molar-refractivity contribution in [2.45, 2.75) is 70.5 Å². The van der Waals surface area contributed by atoms with E-state index in [2.05, 4.69) is 16.3 Å². The first-order valence-electron chi connectivity index (χ1n) is 7.58. The smallest absolute Gasteiger partial charge is 0.398 e. The van der Waals surface area contributed by atoms with E-state index in [4.69, 9.17) is 9.31 Å². The van der Waals surface area contributed by atoms with Crippen LogP contribution in [0, 0.1) is 0 Å². The van der Waals surface area contributed by atoms with Crippen LogP contribution in [0.15, 0.2) is 12.1 Å². The molecule has 0 unspecified atom stereocenters. The second-order valence-corrected chi connectivity index (χ2v) is 6.95. The molecule has 0 atom stereocenters. The maximum absolute atomic E-state index is 5.99. The van der Waals surface area contributed by atoms with Crippen molar-refractivity contribution in [2.24, 2.45) is 0 Å². The molecular weight excluding hydrogens is 251 g/mol. The van der Waals surface area contributed by atoms with Crippen molar-refractivity contribution in [3.8, 4) is 0 Å². The highest BCUT2D eigenvalue weighted by atomic mass is 16.7. The number of hydrogen-bond acceptors (Lipinski definition) is 4. The van der Waals surface area contributed by atoms with Crippen LogP contribution in [0.2, 0.25) is 0 Å². The third-order valence-corrected chi connectivity index (χ3v) is 4.97. The van der Waals surface area contributed by atoms with Crippen molar-refractivity contribution in [3.05, 3.63) is 17.8 Å². The van der Waals surface area contributed by atoms with Crippen molar-refractivity contribution in [2.75, 3.05) is 0 Å². The van der Waals surface area contributed by atoms with Crippen LogP contribution in [0.3, 0.4) is 0 Å². The molecule has 4 nitrogen and oxygen atoms in total. The summed E-state index contributed by atoms with van der Waals surface area (Å²) in [7, 11) is -0.412. The summed E-state index contributed by atoms with van der Waals surface area (Å²) in [6.07, 6.45) is 5.10. The predicted octanol–water partition coefficient (Wildman–Crippen LogP) is 2.43. The van der Waals surface area contributed by atoms with E-state index in [-0.39, 0.29) is 11.2 Å². The van der Waals surface area contributed by atoms with Crippen LogP contribution < -0.4 is 5.59 Å². The van der Waals surface area contributed by atoms with Gasteiger partial charge in [0.15, 0.2) is 0 Å². The average Bonchev–Trinajstić information content (AvgIpc) is 2.97.